The number of aromatic amines is 2. The van der Waals surface area contributed by atoms with Crippen LogP contribution in [0.1, 0.15) is 86.1 Å². The van der Waals surface area contributed by atoms with E-state index in [-0.39, 0.29) is 29.8 Å². The second-order valence-corrected chi connectivity index (χ2v) is 14.6. The van der Waals surface area contributed by atoms with Gasteiger partial charge in [0.05, 0.1) is 44.4 Å². The Morgan fingerprint density at radius 1 is 0.754 bits per heavy atom. The Labute approximate surface area is 330 Å². The molecule has 4 atom stereocenters. The molecule has 0 spiro atoms. The van der Waals surface area contributed by atoms with Gasteiger partial charge in [-0.25, -0.2) is 19.6 Å². The Bertz CT molecular complexity index is 2330. The number of fused-ring (bicyclic) bond motifs is 1. The lowest BCUT2D eigenvalue weighted by atomic mass is 10.0. The number of amides is 4. The summed E-state index contributed by atoms with van der Waals surface area (Å²) in [6.45, 7) is 4.90. The smallest absolute Gasteiger partial charge is 0.407 e. The van der Waals surface area contributed by atoms with Gasteiger partial charge in [0, 0.05) is 24.2 Å². The molecule has 14 heteroatoms. The summed E-state index contributed by atoms with van der Waals surface area (Å²) in [5.74, 6) is 7.28. The summed E-state index contributed by atoms with van der Waals surface area (Å²) in [5, 5.41) is 7.44. The molecule has 57 heavy (non-hydrogen) atoms. The van der Waals surface area contributed by atoms with Gasteiger partial charge in [-0.15, -0.1) is 0 Å². The molecule has 0 saturated carbocycles. The highest BCUT2D eigenvalue weighted by atomic mass is 16.5. The number of methoxy groups -OCH3 is 2. The SMILES string of the molecule is COC(=O)NC(C(=O)N1CCCC1c1ncc(-c2ccc3cc(C#Cc4cnc(C5CCCN5C(=O)C(NC(=O)OC)C(C)C)[nH]4)ccc3c2)[nH]1)c1ccccc1. The summed E-state index contributed by atoms with van der Waals surface area (Å²) in [6, 6.07) is 19.3. The molecule has 294 valence electrons. The van der Waals surface area contributed by atoms with Crippen LogP contribution in [0.2, 0.25) is 0 Å². The number of rotatable bonds is 9. The van der Waals surface area contributed by atoms with Gasteiger partial charge in [-0.1, -0.05) is 68.3 Å². The molecule has 2 saturated heterocycles. The third-order valence-corrected chi connectivity index (χ3v) is 10.6. The van der Waals surface area contributed by atoms with Gasteiger partial charge in [-0.2, -0.15) is 0 Å². The number of nitrogens with one attached hydrogen (secondary N) is 4. The van der Waals surface area contributed by atoms with E-state index in [2.05, 4.69) is 43.5 Å². The maximum atomic E-state index is 13.9. The van der Waals surface area contributed by atoms with E-state index >= 15 is 0 Å². The standard InChI is InChI=1S/C43H46N8O6/c1-26(2)36(48-42(54)56-3)40(52)50-20-8-12-34(50)38-44-24-32(46-38)19-15-27-14-16-30-23-31(18-17-29(30)22-27)33-25-45-39(47-33)35-13-9-21-51(35)41(53)37(49-43(55)57-4)28-10-6-5-7-11-28/h5-7,10-11,14,16-18,22-26,34-37H,8-9,12-13,20-21H2,1-4H3,(H,44,46)(H,45,47)(H,48,54)(H,49,55). The zero-order chi connectivity index (χ0) is 40.1. The highest BCUT2D eigenvalue weighted by Gasteiger charge is 2.38. The van der Waals surface area contributed by atoms with E-state index in [1.54, 1.807) is 22.2 Å². The number of benzene rings is 3. The van der Waals surface area contributed by atoms with E-state index in [0.717, 1.165) is 53.3 Å². The van der Waals surface area contributed by atoms with Crippen molar-refractivity contribution in [3.63, 3.8) is 0 Å². The fourth-order valence-corrected chi connectivity index (χ4v) is 7.64. The first-order valence-corrected chi connectivity index (χ1v) is 19.1. The van der Waals surface area contributed by atoms with Gasteiger partial charge in [-0.3, -0.25) is 9.59 Å². The quantitative estimate of drug-likeness (QED) is 0.129. The average Bonchev–Trinajstić information content (AvgIpc) is 4.07. The van der Waals surface area contributed by atoms with Gasteiger partial charge in [0.1, 0.15) is 29.4 Å². The normalized spacial score (nSPS) is 17.5. The maximum Gasteiger partial charge on any atom is 0.407 e. The molecule has 2 fully saturated rings. The molecule has 5 aromatic rings. The molecule has 0 bridgehead atoms. The third-order valence-electron chi connectivity index (χ3n) is 10.6. The number of aromatic nitrogens is 4. The van der Waals surface area contributed by atoms with Crippen molar-refractivity contribution in [2.45, 2.75) is 63.7 Å². The first-order chi connectivity index (χ1) is 27.6. The van der Waals surface area contributed by atoms with Crippen molar-refractivity contribution in [1.29, 1.82) is 0 Å². The van der Waals surface area contributed by atoms with Crippen LogP contribution in [-0.4, -0.2) is 87.1 Å². The highest BCUT2D eigenvalue weighted by molar-refractivity contribution is 5.89. The Morgan fingerprint density at radius 2 is 1.39 bits per heavy atom. The van der Waals surface area contributed by atoms with E-state index < -0.39 is 24.3 Å². The Kier molecular flexibility index (Phi) is 11.5. The Hall–Kier alpha value is -6.62. The number of hydrogen-bond donors (Lipinski definition) is 4. The number of imidazole rings is 2. The number of nitrogens with zero attached hydrogens (tertiary/aromatic N) is 4. The minimum atomic E-state index is -0.886. The molecular weight excluding hydrogens is 725 g/mol. The number of ether oxygens (including phenoxy) is 2. The molecule has 4 unspecified atom stereocenters. The van der Waals surface area contributed by atoms with Gasteiger partial charge < -0.3 is 39.9 Å². The summed E-state index contributed by atoms with van der Waals surface area (Å²) < 4.78 is 9.56. The summed E-state index contributed by atoms with van der Waals surface area (Å²) in [7, 11) is 2.56. The van der Waals surface area contributed by atoms with E-state index in [4.69, 9.17) is 14.5 Å². The maximum absolute atomic E-state index is 13.9. The van der Waals surface area contributed by atoms with Crippen molar-refractivity contribution >= 4 is 34.8 Å². The van der Waals surface area contributed by atoms with Crippen LogP contribution in [-0.2, 0) is 19.1 Å². The second kappa shape index (κ2) is 17.0. The van der Waals surface area contributed by atoms with Crippen LogP contribution < -0.4 is 10.6 Å². The molecule has 2 aromatic heterocycles. The number of carbonyl (C=O) groups excluding carboxylic acids is 4. The predicted molar refractivity (Wildman–Crippen MR) is 212 cm³/mol. The van der Waals surface area contributed by atoms with E-state index in [9.17, 15) is 19.2 Å². The van der Waals surface area contributed by atoms with Crippen molar-refractivity contribution in [2.75, 3.05) is 27.3 Å². The van der Waals surface area contributed by atoms with Crippen LogP contribution >= 0.6 is 0 Å². The van der Waals surface area contributed by atoms with Crippen molar-refractivity contribution in [1.82, 2.24) is 40.4 Å². The van der Waals surface area contributed by atoms with Crippen LogP contribution in [0.4, 0.5) is 9.59 Å². The Morgan fingerprint density at radius 3 is 2.09 bits per heavy atom. The van der Waals surface area contributed by atoms with Crippen LogP contribution in [0.5, 0.6) is 0 Å². The van der Waals surface area contributed by atoms with Crippen LogP contribution in [0.3, 0.4) is 0 Å². The minimum absolute atomic E-state index is 0.117. The fraction of sp³-hybridized carbons (Fsp3) is 0.349. The van der Waals surface area contributed by atoms with Crippen LogP contribution in [0.25, 0.3) is 22.0 Å². The highest BCUT2D eigenvalue weighted by Crippen LogP contribution is 2.35. The van der Waals surface area contributed by atoms with E-state index in [1.165, 1.54) is 14.2 Å². The lowest BCUT2D eigenvalue weighted by molar-refractivity contribution is -0.135. The van der Waals surface area contributed by atoms with Gasteiger partial charge in [0.25, 0.3) is 5.91 Å². The molecule has 14 nitrogen and oxygen atoms in total. The lowest BCUT2D eigenvalue weighted by Gasteiger charge is -2.29. The number of carbonyl (C=O) groups is 4. The number of likely N-dealkylation sites (tertiary alicyclic amines) is 2. The molecule has 4 amide bonds. The molecular formula is C43H46N8O6. The van der Waals surface area contributed by atoms with Gasteiger partial charge >= 0.3 is 12.2 Å². The van der Waals surface area contributed by atoms with Crippen LogP contribution in [0, 0.1) is 17.8 Å². The lowest BCUT2D eigenvalue weighted by Crippen LogP contribution is -2.51. The largest absolute Gasteiger partial charge is 0.453 e. The molecule has 2 aliphatic heterocycles. The van der Waals surface area contributed by atoms with Crippen molar-refractivity contribution in [3.05, 3.63) is 108 Å². The summed E-state index contributed by atoms with van der Waals surface area (Å²) in [5.41, 5.74) is 3.94. The predicted octanol–water partition coefficient (Wildman–Crippen LogP) is 6.16. The fourth-order valence-electron chi connectivity index (χ4n) is 7.64. The number of alkyl carbamates (subject to hydrolysis) is 2. The second-order valence-electron chi connectivity index (χ2n) is 14.6. The van der Waals surface area contributed by atoms with Crippen molar-refractivity contribution in [2.24, 2.45) is 5.92 Å². The van der Waals surface area contributed by atoms with E-state index in [1.807, 2.05) is 74.5 Å². The van der Waals surface area contributed by atoms with Gasteiger partial charge in [-0.05, 0) is 72.1 Å². The topological polar surface area (TPSA) is 175 Å². The van der Waals surface area contributed by atoms with Crippen molar-refractivity contribution < 1.29 is 28.7 Å². The molecule has 4 N–H and O–H groups in total. The first-order valence-electron chi connectivity index (χ1n) is 19.1. The zero-order valence-electron chi connectivity index (χ0n) is 32.4. The molecule has 3 aromatic carbocycles. The first kappa shape index (κ1) is 38.6. The van der Waals surface area contributed by atoms with E-state index in [0.29, 0.717) is 36.0 Å². The van der Waals surface area contributed by atoms with Gasteiger partial charge in [0.15, 0.2) is 0 Å². The Balaban J connectivity index is 1.03. The third kappa shape index (κ3) is 8.47. The average molecular weight is 771 g/mol. The minimum Gasteiger partial charge on any atom is -0.453 e. The molecule has 2 aliphatic rings. The van der Waals surface area contributed by atoms with Crippen molar-refractivity contribution in [3.8, 4) is 23.1 Å². The summed E-state index contributed by atoms with van der Waals surface area (Å²) in [4.78, 5) is 71.1. The number of hydrogen-bond acceptors (Lipinski definition) is 8. The number of H-pyrrole nitrogens is 2. The monoisotopic (exact) mass is 770 g/mol. The van der Waals surface area contributed by atoms with Crippen LogP contribution in [0.15, 0.2) is 79.1 Å². The summed E-state index contributed by atoms with van der Waals surface area (Å²) >= 11 is 0. The molecule has 0 aliphatic carbocycles. The molecule has 4 heterocycles. The summed E-state index contributed by atoms with van der Waals surface area (Å²) in [6.07, 6.45) is 5.30. The molecule has 0 radical (unpaired) electrons. The van der Waals surface area contributed by atoms with Gasteiger partial charge in [0.2, 0.25) is 5.91 Å². The zero-order valence-corrected chi connectivity index (χ0v) is 32.4. The molecule has 7 rings (SSSR count).